The Balaban J connectivity index is 2.80. The normalized spacial score (nSPS) is 25.2. The van der Waals surface area contributed by atoms with Gasteiger partial charge >= 0.3 is 6.18 Å². The Kier molecular flexibility index (Phi) is 3.24. The van der Waals surface area contributed by atoms with Crippen molar-refractivity contribution in [1.29, 1.82) is 0 Å². The van der Waals surface area contributed by atoms with Gasteiger partial charge in [-0.15, -0.1) is 0 Å². The predicted octanol–water partition coefficient (Wildman–Crippen LogP) is 2.80. The Hall–Kier alpha value is -0.220. The molecule has 0 radical (unpaired) electrons. The first-order chi connectivity index (χ1) is 5.95. The summed E-state index contributed by atoms with van der Waals surface area (Å²) in [6, 6.07) is 0. The van der Waals surface area contributed by atoms with Crippen molar-refractivity contribution < 1.29 is 13.2 Å². The molecule has 0 saturated heterocycles. The topological polar surface area (TPSA) is 26.0 Å². The van der Waals surface area contributed by atoms with Gasteiger partial charge in [-0.3, -0.25) is 0 Å². The van der Waals surface area contributed by atoms with Crippen LogP contribution >= 0.6 is 11.6 Å². The maximum atomic E-state index is 12.3. The van der Waals surface area contributed by atoms with Crippen molar-refractivity contribution in [2.75, 3.05) is 6.54 Å². The van der Waals surface area contributed by atoms with Crippen molar-refractivity contribution in [3.8, 4) is 0 Å². The molecule has 1 atom stereocenters. The van der Waals surface area contributed by atoms with Crippen LogP contribution in [0.3, 0.4) is 0 Å². The lowest BCUT2D eigenvalue weighted by atomic mass is 9.88. The summed E-state index contributed by atoms with van der Waals surface area (Å²) in [6.07, 6.45) is -3.35. The van der Waals surface area contributed by atoms with E-state index in [0.29, 0.717) is 19.4 Å². The molecular weight excluding hydrogens is 203 g/mol. The first-order valence-electron chi connectivity index (χ1n) is 4.10. The Morgan fingerprint density at radius 3 is 2.54 bits per heavy atom. The number of rotatable bonds is 1. The third kappa shape index (κ3) is 2.61. The van der Waals surface area contributed by atoms with Crippen LogP contribution < -0.4 is 5.73 Å². The molecule has 0 aromatic rings. The van der Waals surface area contributed by atoms with Gasteiger partial charge in [-0.05, 0) is 31.7 Å². The zero-order valence-electron chi connectivity index (χ0n) is 6.99. The Bertz CT molecular complexity index is 222. The van der Waals surface area contributed by atoms with Gasteiger partial charge in [0.25, 0.3) is 0 Å². The monoisotopic (exact) mass is 213 g/mol. The van der Waals surface area contributed by atoms with E-state index in [2.05, 4.69) is 0 Å². The molecule has 0 aliphatic heterocycles. The molecule has 0 heterocycles. The van der Waals surface area contributed by atoms with E-state index in [1.54, 1.807) is 0 Å². The molecule has 0 fully saturated rings. The van der Waals surface area contributed by atoms with Crippen LogP contribution in [0.2, 0.25) is 0 Å². The molecule has 0 saturated carbocycles. The zero-order valence-corrected chi connectivity index (χ0v) is 7.75. The molecule has 0 bridgehead atoms. The van der Waals surface area contributed by atoms with Crippen LogP contribution in [0.4, 0.5) is 13.2 Å². The van der Waals surface area contributed by atoms with Gasteiger partial charge in [0, 0.05) is 10.6 Å². The SMILES string of the molecule is NCC1CCC(Cl)=C(C(F)(F)F)C1. The number of nitrogens with two attached hydrogens (primary N) is 1. The highest BCUT2D eigenvalue weighted by Crippen LogP contribution is 2.40. The second kappa shape index (κ2) is 3.88. The van der Waals surface area contributed by atoms with Crippen LogP contribution in [0.5, 0.6) is 0 Å². The first-order valence-corrected chi connectivity index (χ1v) is 4.47. The Morgan fingerprint density at radius 1 is 1.46 bits per heavy atom. The van der Waals surface area contributed by atoms with Crippen molar-refractivity contribution in [2.24, 2.45) is 11.7 Å². The van der Waals surface area contributed by atoms with Gasteiger partial charge in [-0.1, -0.05) is 11.6 Å². The molecule has 76 valence electrons. The predicted molar refractivity (Wildman–Crippen MR) is 45.3 cm³/mol. The lowest BCUT2D eigenvalue weighted by molar-refractivity contribution is -0.0967. The average Bonchev–Trinajstić information content (AvgIpc) is 2.03. The third-order valence-corrected chi connectivity index (χ3v) is 2.68. The largest absolute Gasteiger partial charge is 0.413 e. The summed E-state index contributed by atoms with van der Waals surface area (Å²) in [5.41, 5.74) is 4.73. The fourth-order valence-electron chi connectivity index (χ4n) is 1.45. The summed E-state index contributed by atoms with van der Waals surface area (Å²) < 4.78 is 37.0. The molecule has 1 unspecified atom stereocenters. The molecule has 5 heteroatoms. The van der Waals surface area contributed by atoms with Crippen LogP contribution in [0.25, 0.3) is 0 Å². The van der Waals surface area contributed by atoms with Crippen molar-refractivity contribution in [2.45, 2.75) is 25.4 Å². The highest BCUT2D eigenvalue weighted by molar-refractivity contribution is 6.30. The highest BCUT2D eigenvalue weighted by atomic mass is 35.5. The van der Waals surface area contributed by atoms with Gasteiger partial charge in [0.2, 0.25) is 0 Å². The Morgan fingerprint density at radius 2 is 2.08 bits per heavy atom. The highest BCUT2D eigenvalue weighted by Gasteiger charge is 2.38. The molecule has 1 aliphatic carbocycles. The van der Waals surface area contributed by atoms with Crippen molar-refractivity contribution >= 4 is 11.6 Å². The van der Waals surface area contributed by atoms with Crippen LogP contribution in [-0.2, 0) is 0 Å². The number of allylic oxidation sites excluding steroid dienone is 2. The maximum absolute atomic E-state index is 12.3. The van der Waals surface area contributed by atoms with Gasteiger partial charge in [0.1, 0.15) is 0 Å². The number of halogens is 4. The molecule has 0 amide bonds. The quantitative estimate of drug-likeness (QED) is 0.712. The summed E-state index contributed by atoms with van der Waals surface area (Å²) in [5, 5.41) is -0.0443. The van der Waals surface area contributed by atoms with Gasteiger partial charge in [-0.2, -0.15) is 13.2 Å². The average molecular weight is 214 g/mol. The fourth-order valence-corrected chi connectivity index (χ4v) is 1.75. The second-order valence-corrected chi connectivity index (χ2v) is 3.68. The van der Waals surface area contributed by atoms with Crippen molar-refractivity contribution in [3.05, 3.63) is 10.6 Å². The van der Waals surface area contributed by atoms with Crippen LogP contribution in [0.15, 0.2) is 10.6 Å². The minimum Gasteiger partial charge on any atom is -0.330 e. The van der Waals surface area contributed by atoms with E-state index >= 15 is 0 Å². The standard InChI is InChI=1S/C8H11ClF3N/c9-7-2-1-5(4-13)3-6(7)8(10,11)12/h5H,1-4,13H2. The minimum atomic E-state index is -4.29. The lowest BCUT2D eigenvalue weighted by Crippen LogP contribution is -2.24. The lowest BCUT2D eigenvalue weighted by Gasteiger charge is -2.24. The molecule has 1 aliphatic rings. The summed E-state index contributed by atoms with van der Waals surface area (Å²) in [5.74, 6) is -0.0703. The van der Waals surface area contributed by atoms with Crippen molar-refractivity contribution in [1.82, 2.24) is 0 Å². The van der Waals surface area contributed by atoms with E-state index in [1.807, 2.05) is 0 Å². The first kappa shape index (κ1) is 10.9. The smallest absolute Gasteiger partial charge is 0.330 e. The molecule has 1 nitrogen and oxygen atoms in total. The van der Waals surface area contributed by atoms with Crippen LogP contribution in [-0.4, -0.2) is 12.7 Å². The molecule has 0 aromatic carbocycles. The van der Waals surface area contributed by atoms with E-state index in [9.17, 15) is 13.2 Å². The van der Waals surface area contributed by atoms with Crippen LogP contribution in [0, 0.1) is 5.92 Å². The third-order valence-electron chi connectivity index (χ3n) is 2.27. The van der Waals surface area contributed by atoms with E-state index in [-0.39, 0.29) is 17.4 Å². The number of hydrogen-bond acceptors (Lipinski definition) is 1. The molecular formula is C8H11ClF3N. The maximum Gasteiger partial charge on any atom is 0.413 e. The number of hydrogen-bond donors (Lipinski definition) is 1. The molecule has 0 spiro atoms. The van der Waals surface area contributed by atoms with Crippen LogP contribution in [0.1, 0.15) is 19.3 Å². The minimum absolute atomic E-state index is 0.0289. The second-order valence-electron chi connectivity index (χ2n) is 3.23. The summed E-state index contributed by atoms with van der Waals surface area (Å²) in [6.45, 7) is 0.295. The Labute approximate surface area is 79.7 Å². The van der Waals surface area contributed by atoms with Gasteiger partial charge in [-0.25, -0.2) is 0 Å². The summed E-state index contributed by atoms with van der Waals surface area (Å²) >= 11 is 5.51. The number of alkyl halides is 3. The van der Waals surface area contributed by atoms with Gasteiger partial charge in [0.05, 0.1) is 0 Å². The zero-order chi connectivity index (χ0) is 10.1. The summed E-state index contributed by atoms with van der Waals surface area (Å²) in [4.78, 5) is 0. The summed E-state index contributed by atoms with van der Waals surface area (Å²) in [7, 11) is 0. The van der Waals surface area contributed by atoms with E-state index in [0.717, 1.165) is 0 Å². The van der Waals surface area contributed by atoms with E-state index in [1.165, 1.54) is 0 Å². The molecule has 13 heavy (non-hydrogen) atoms. The van der Waals surface area contributed by atoms with Crippen molar-refractivity contribution in [3.63, 3.8) is 0 Å². The molecule has 2 N–H and O–H groups in total. The molecule has 0 aromatic heterocycles. The fraction of sp³-hybridized carbons (Fsp3) is 0.750. The van der Waals surface area contributed by atoms with E-state index in [4.69, 9.17) is 17.3 Å². The van der Waals surface area contributed by atoms with Gasteiger partial charge < -0.3 is 5.73 Å². The molecule has 1 rings (SSSR count). The van der Waals surface area contributed by atoms with Gasteiger partial charge in [0.15, 0.2) is 0 Å². The van der Waals surface area contributed by atoms with E-state index < -0.39 is 11.7 Å².